The molecule has 3 rings (SSSR count). The van der Waals surface area contributed by atoms with Crippen molar-refractivity contribution in [2.24, 2.45) is 10.7 Å². The van der Waals surface area contributed by atoms with E-state index >= 15 is 0 Å². The van der Waals surface area contributed by atoms with Gasteiger partial charge in [-0.2, -0.15) is 0 Å². The predicted molar refractivity (Wildman–Crippen MR) is 108 cm³/mol. The van der Waals surface area contributed by atoms with Gasteiger partial charge in [-0.3, -0.25) is 0 Å². The van der Waals surface area contributed by atoms with Crippen molar-refractivity contribution in [1.29, 1.82) is 0 Å². The lowest BCUT2D eigenvalue weighted by Gasteiger charge is -2.12. The largest absolute Gasteiger partial charge is 0.497 e. The predicted octanol–water partition coefficient (Wildman–Crippen LogP) is 3.60. The number of rotatable bonds is 5. The highest BCUT2D eigenvalue weighted by atomic mass is 127. The van der Waals surface area contributed by atoms with Crippen LogP contribution >= 0.6 is 24.0 Å². The molecule has 0 aromatic heterocycles. The molecule has 0 radical (unpaired) electrons. The molecule has 0 spiro atoms. The van der Waals surface area contributed by atoms with Crippen LogP contribution in [0.15, 0.2) is 53.5 Å². The Labute approximate surface area is 159 Å². The van der Waals surface area contributed by atoms with Gasteiger partial charge in [0.05, 0.1) is 25.9 Å². The highest BCUT2D eigenvalue weighted by Gasteiger charge is 2.38. The van der Waals surface area contributed by atoms with Gasteiger partial charge in [-0.25, -0.2) is 4.99 Å². The van der Waals surface area contributed by atoms with Crippen molar-refractivity contribution in [3.63, 3.8) is 0 Å². The minimum atomic E-state index is 0. The summed E-state index contributed by atoms with van der Waals surface area (Å²) in [5.74, 6) is 2.28. The van der Waals surface area contributed by atoms with Gasteiger partial charge in [0.2, 0.25) is 0 Å². The number of anilines is 1. The van der Waals surface area contributed by atoms with Gasteiger partial charge in [0.25, 0.3) is 0 Å². The van der Waals surface area contributed by atoms with E-state index in [2.05, 4.69) is 34.6 Å². The third-order valence-corrected chi connectivity index (χ3v) is 3.96. The molecule has 2 aromatic rings. The number of nitrogens with two attached hydrogens (primary N) is 1. The normalized spacial score (nSPS) is 19.2. The van der Waals surface area contributed by atoms with Crippen molar-refractivity contribution in [1.82, 2.24) is 0 Å². The second-order valence-electron chi connectivity index (χ2n) is 5.53. The molecule has 2 atom stereocenters. The minimum Gasteiger partial charge on any atom is -0.497 e. The van der Waals surface area contributed by atoms with Crippen LogP contribution in [0.4, 0.5) is 5.69 Å². The fraction of sp³-hybridized carbons (Fsp3) is 0.278. The molecule has 128 valence electrons. The van der Waals surface area contributed by atoms with E-state index in [0.29, 0.717) is 17.6 Å². The number of aliphatic imine (C=N–C) groups is 1. The molecule has 1 aliphatic carbocycles. The molecule has 0 heterocycles. The van der Waals surface area contributed by atoms with Gasteiger partial charge in [-0.15, -0.1) is 24.0 Å². The first kappa shape index (κ1) is 18.4. The van der Waals surface area contributed by atoms with Crippen molar-refractivity contribution in [2.45, 2.75) is 18.4 Å². The Morgan fingerprint density at radius 3 is 2.54 bits per heavy atom. The highest BCUT2D eigenvalue weighted by Crippen LogP contribution is 2.43. The SMILES string of the molecule is COc1ccc(OC)c(NC(N)=NC2CC2c2ccccc2)c1.I. The lowest BCUT2D eigenvalue weighted by Crippen LogP contribution is -2.23. The number of halogens is 1. The second-order valence-corrected chi connectivity index (χ2v) is 5.53. The van der Waals surface area contributed by atoms with Gasteiger partial charge in [0.15, 0.2) is 5.96 Å². The summed E-state index contributed by atoms with van der Waals surface area (Å²) < 4.78 is 10.6. The van der Waals surface area contributed by atoms with E-state index in [1.807, 2.05) is 24.3 Å². The van der Waals surface area contributed by atoms with E-state index in [-0.39, 0.29) is 30.0 Å². The molecule has 5 nitrogen and oxygen atoms in total. The summed E-state index contributed by atoms with van der Waals surface area (Å²) in [7, 11) is 3.24. The van der Waals surface area contributed by atoms with Gasteiger partial charge in [-0.1, -0.05) is 30.3 Å². The second kappa shape index (κ2) is 8.23. The molecule has 3 N–H and O–H groups in total. The van der Waals surface area contributed by atoms with Gasteiger partial charge in [0, 0.05) is 12.0 Å². The van der Waals surface area contributed by atoms with Crippen LogP contribution in [-0.2, 0) is 0 Å². The van der Waals surface area contributed by atoms with E-state index in [9.17, 15) is 0 Å². The standard InChI is InChI=1S/C18H21N3O2.HI/c1-22-13-8-9-17(23-2)16(10-13)21-18(19)20-15-11-14(15)12-6-4-3-5-7-12;/h3-10,14-15H,11H2,1-2H3,(H3,19,20,21);1H. The summed E-state index contributed by atoms with van der Waals surface area (Å²) >= 11 is 0. The highest BCUT2D eigenvalue weighted by molar-refractivity contribution is 14.0. The Hall–Kier alpha value is -1.96. The molecule has 0 aliphatic heterocycles. The summed E-state index contributed by atoms with van der Waals surface area (Å²) in [6.07, 6.45) is 1.03. The molecule has 0 amide bonds. The van der Waals surface area contributed by atoms with Crippen molar-refractivity contribution in [3.05, 3.63) is 54.1 Å². The molecule has 2 aromatic carbocycles. The molecule has 0 saturated heterocycles. The Bertz CT molecular complexity index is 707. The number of hydrogen-bond donors (Lipinski definition) is 2. The number of nitrogens with zero attached hydrogens (tertiary/aromatic N) is 1. The van der Waals surface area contributed by atoms with Crippen LogP contribution in [-0.4, -0.2) is 26.2 Å². The van der Waals surface area contributed by atoms with Crippen LogP contribution < -0.4 is 20.5 Å². The summed E-state index contributed by atoms with van der Waals surface area (Å²) in [6.45, 7) is 0. The van der Waals surface area contributed by atoms with Crippen molar-refractivity contribution in [3.8, 4) is 11.5 Å². The first-order valence-corrected chi connectivity index (χ1v) is 7.58. The molecule has 1 aliphatic rings. The number of guanidine groups is 1. The number of nitrogens with one attached hydrogen (secondary N) is 1. The van der Waals surface area contributed by atoms with Gasteiger partial charge < -0.3 is 20.5 Å². The monoisotopic (exact) mass is 439 g/mol. The molecule has 1 saturated carbocycles. The maximum absolute atomic E-state index is 6.04. The lowest BCUT2D eigenvalue weighted by atomic mass is 10.1. The molecule has 6 heteroatoms. The Morgan fingerprint density at radius 2 is 1.88 bits per heavy atom. The van der Waals surface area contributed by atoms with E-state index in [0.717, 1.165) is 17.9 Å². The topological polar surface area (TPSA) is 68.9 Å². The summed E-state index contributed by atoms with van der Waals surface area (Å²) in [4.78, 5) is 4.56. The van der Waals surface area contributed by atoms with Gasteiger partial charge >= 0.3 is 0 Å². The minimum absolute atomic E-state index is 0. The average molecular weight is 439 g/mol. The summed E-state index contributed by atoms with van der Waals surface area (Å²) in [5, 5.41) is 3.10. The zero-order valence-electron chi connectivity index (χ0n) is 13.7. The van der Waals surface area contributed by atoms with Crippen LogP contribution in [0.2, 0.25) is 0 Å². The molecular weight excluding hydrogens is 417 g/mol. The molecule has 2 unspecified atom stereocenters. The van der Waals surface area contributed by atoms with Crippen LogP contribution in [0.3, 0.4) is 0 Å². The third-order valence-electron chi connectivity index (χ3n) is 3.96. The molecule has 0 bridgehead atoms. The van der Waals surface area contributed by atoms with Crippen LogP contribution in [0.1, 0.15) is 17.9 Å². The fourth-order valence-electron chi connectivity index (χ4n) is 2.64. The lowest BCUT2D eigenvalue weighted by molar-refractivity contribution is 0.405. The average Bonchev–Trinajstić information content (AvgIpc) is 3.34. The van der Waals surface area contributed by atoms with Gasteiger partial charge in [0.1, 0.15) is 11.5 Å². The summed E-state index contributed by atoms with van der Waals surface area (Å²) in [6, 6.07) is 16.1. The number of methoxy groups -OCH3 is 2. The van der Waals surface area contributed by atoms with E-state index in [1.165, 1.54) is 5.56 Å². The van der Waals surface area contributed by atoms with Crippen molar-refractivity contribution < 1.29 is 9.47 Å². The Morgan fingerprint density at radius 1 is 1.12 bits per heavy atom. The third kappa shape index (κ3) is 4.31. The first-order valence-electron chi connectivity index (χ1n) is 7.58. The summed E-state index contributed by atoms with van der Waals surface area (Å²) in [5.41, 5.74) is 8.10. The maximum Gasteiger partial charge on any atom is 0.193 e. The zero-order valence-corrected chi connectivity index (χ0v) is 16.1. The number of ether oxygens (including phenoxy) is 2. The van der Waals surface area contributed by atoms with E-state index < -0.39 is 0 Å². The Balaban J connectivity index is 0.00000208. The molecule has 1 fully saturated rings. The van der Waals surface area contributed by atoms with E-state index in [1.54, 1.807) is 14.2 Å². The van der Waals surface area contributed by atoms with Crippen LogP contribution in [0.5, 0.6) is 11.5 Å². The molecule has 24 heavy (non-hydrogen) atoms. The van der Waals surface area contributed by atoms with Crippen LogP contribution in [0, 0.1) is 0 Å². The van der Waals surface area contributed by atoms with Crippen molar-refractivity contribution in [2.75, 3.05) is 19.5 Å². The van der Waals surface area contributed by atoms with Gasteiger partial charge in [-0.05, 0) is 24.1 Å². The quantitative estimate of drug-likeness (QED) is 0.425. The van der Waals surface area contributed by atoms with Crippen LogP contribution in [0.25, 0.3) is 0 Å². The smallest absolute Gasteiger partial charge is 0.193 e. The zero-order chi connectivity index (χ0) is 16.2. The Kier molecular flexibility index (Phi) is 6.30. The first-order chi connectivity index (χ1) is 11.2. The maximum atomic E-state index is 6.04. The van der Waals surface area contributed by atoms with Crippen molar-refractivity contribution >= 4 is 35.6 Å². The number of hydrogen-bond acceptors (Lipinski definition) is 3. The number of benzene rings is 2. The fourth-order valence-corrected chi connectivity index (χ4v) is 2.64. The molecular formula is C18H22IN3O2. The van der Waals surface area contributed by atoms with E-state index in [4.69, 9.17) is 15.2 Å².